The predicted octanol–water partition coefficient (Wildman–Crippen LogP) is 1.45. The molecule has 2 aliphatic rings. The summed E-state index contributed by atoms with van der Waals surface area (Å²) in [7, 11) is 1.55. The maximum Gasteiger partial charge on any atom is 0.326 e. The molecule has 1 saturated carbocycles. The van der Waals surface area contributed by atoms with Crippen molar-refractivity contribution in [2.75, 3.05) is 13.7 Å². The third-order valence-corrected chi connectivity index (χ3v) is 4.49. The lowest BCUT2D eigenvalue weighted by Crippen LogP contribution is -2.49. The highest BCUT2D eigenvalue weighted by molar-refractivity contribution is 5.83. The number of hydrogen-bond donors (Lipinski definition) is 2. The first-order valence-corrected chi connectivity index (χ1v) is 7.34. The highest BCUT2D eigenvalue weighted by Crippen LogP contribution is 2.25. The number of aliphatic carboxylic acids is 1. The van der Waals surface area contributed by atoms with Gasteiger partial charge < -0.3 is 20.1 Å². The van der Waals surface area contributed by atoms with Crippen LogP contribution in [-0.2, 0) is 9.53 Å². The summed E-state index contributed by atoms with van der Waals surface area (Å²) in [4.78, 5) is 24.9. The molecule has 6 nitrogen and oxygen atoms in total. The van der Waals surface area contributed by atoms with Crippen molar-refractivity contribution in [1.29, 1.82) is 0 Å². The topological polar surface area (TPSA) is 78.9 Å². The molecule has 2 fully saturated rings. The molecule has 0 aromatic rings. The lowest BCUT2D eigenvalue weighted by atomic mass is 9.87. The number of methoxy groups -OCH3 is 1. The normalized spacial score (nSPS) is 34.0. The van der Waals surface area contributed by atoms with Crippen LogP contribution in [0.1, 0.15) is 39.0 Å². The summed E-state index contributed by atoms with van der Waals surface area (Å²) in [6.45, 7) is 2.57. The van der Waals surface area contributed by atoms with Gasteiger partial charge in [0, 0.05) is 26.1 Å². The van der Waals surface area contributed by atoms with Gasteiger partial charge >= 0.3 is 12.0 Å². The third-order valence-electron chi connectivity index (χ3n) is 4.49. The van der Waals surface area contributed by atoms with Crippen molar-refractivity contribution >= 4 is 12.0 Å². The molecular weight excluding hydrogens is 260 g/mol. The van der Waals surface area contributed by atoms with Crippen LogP contribution in [0.4, 0.5) is 4.79 Å². The van der Waals surface area contributed by atoms with Crippen molar-refractivity contribution in [2.45, 2.75) is 57.2 Å². The van der Waals surface area contributed by atoms with E-state index in [9.17, 15) is 14.7 Å². The molecule has 1 aliphatic heterocycles. The Hall–Kier alpha value is -1.30. The number of carbonyl (C=O) groups excluding carboxylic acids is 1. The molecule has 1 saturated heterocycles. The van der Waals surface area contributed by atoms with Gasteiger partial charge in [-0.15, -0.1) is 0 Å². The van der Waals surface area contributed by atoms with E-state index < -0.39 is 12.0 Å². The second-order valence-corrected chi connectivity index (χ2v) is 6.01. The number of urea groups is 1. The first-order valence-electron chi connectivity index (χ1n) is 7.34. The lowest BCUT2D eigenvalue weighted by Gasteiger charge is -2.30. The van der Waals surface area contributed by atoms with Gasteiger partial charge in [-0.1, -0.05) is 6.92 Å². The molecule has 2 unspecified atom stereocenters. The number of hydrogen-bond acceptors (Lipinski definition) is 3. The molecule has 2 rings (SSSR count). The van der Waals surface area contributed by atoms with Crippen LogP contribution in [-0.4, -0.2) is 53.8 Å². The van der Waals surface area contributed by atoms with E-state index in [0.717, 1.165) is 31.6 Å². The van der Waals surface area contributed by atoms with Crippen LogP contribution in [0.15, 0.2) is 0 Å². The molecule has 0 radical (unpaired) electrons. The molecule has 2 N–H and O–H groups in total. The Balaban J connectivity index is 1.91. The van der Waals surface area contributed by atoms with E-state index in [1.54, 1.807) is 7.11 Å². The Kier molecular flexibility index (Phi) is 4.86. The molecule has 2 amide bonds. The summed E-state index contributed by atoms with van der Waals surface area (Å²) in [5.41, 5.74) is 0. The van der Waals surface area contributed by atoms with Gasteiger partial charge in [-0.05, 0) is 31.6 Å². The number of nitrogens with one attached hydrogen (secondary N) is 1. The second-order valence-electron chi connectivity index (χ2n) is 6.01. The Morgan fingerprint density at radius 2 is 1.90 bits per heavy atom. The summed E-state index contributed by atoms with van der Waals surface area (Å²) in [6.07, 6.45) is 4.37. The minimum absolute atomic E-state index is 0.176. The summed E-state index contributed by atoms with van der Waals surface area (Å²) in [5, 5.41) is 12.2. The van der Waals surface area contributed by atoms with Gasteiger partial charge in [0.25, 0.3) is 0 Å². The number of nitrogens with zero attached hydrogens (tertiary/aromatic N) is 1. The summed E-state index contributed by atoms with van der Waals surface area (Å²) in [5.74, 6) is -0.239. The largest absolute Gasteiger partial charge is 0.480 e. The number of amides is 2. The quantitative estimate of drug-likeness (QED) is 0.822. The predicted molar refractivity (Wildman–Crippen MR) is 73.5 cm³/mol. The fourth-order valence-electron chi connectivity index (χ4n) is 3.09. The van der Waals surface area contributed by atoms with E-state index in [-0.39, 0.29) is 18.2 Å². The maximum absolute atomic E-state index is 12.3. The number of carbonyl (C=O) groups is 2. The van der Waals surface area contributed by atoms with Crippen LogP contribution in [0.2, 0.25) is 0 Å². The maximum atomic E-state index is 12.3. The molecule has 2 atom stereocenters. The zero-order chi connectivity index (χ0) is 14.7. The molecule has 6 heteroatoms. The smallest absolute Gasteiger partial charge is 0.326 e. The third kappa shape index (κ3) is 3.42. The van der Waals surface area contributed by atoms with Crippen LogP contribution in [0.5, 0.6) is 0 Å². The molecule has 114 valence electrons. The van der Waals surface area contributed by atoms with E-state index >= 15 is 0 Å². The van der Waals surface area contributed by atoms with E-state index in [4.69, 9.17) is 4.74 Å². The zero-order valence-corrected chi connectivity index (χ0v) is 12.2. The van der Waals surface area contributed by atoms with Crippen molar-refractivity contribution in [3.63, 3.8) is 0 Å². The van der Waals surface area contributed by atoms with Crippen molar-refractivity contribution in [2.24, 2.45) is 5.92 Å². The minimum Gasteiger partial charge on any atom is -0.480 e. The number of carboxylic acid groups (broad SMARTS) is 1. The molecule has 0 aromatic heterocycles. The highest BCUT2D eigenvalue weighted by atomic mass is 16.5. The van der Waals surface area contributed by atoms with Crippen molar-refractivity contribution < 1.29 is 19.4 Å². The SMILES string of the molecule is COC1CC(C(=O)O)N(C(=O)NC2CCC(C)CC2)C1. The van der Waals surface area contributed by atoms with Crippen molar-refractivity contribution in [3.8, 4) is 0 Å². The summed E-state index contributed by atoms with van der Waals surface area (Å²) < 4.78 is 5.19. The Labute approximate surface area is 119 Å². The van der Waals surface area contributed by atoms with Gasteiger partial charge in [-0.25, -0.2) is 9.59 Å². The van der Waals surface area contributed by atoms with Gasteiger partial charge in [0.15, 0.2) is 0 Å². The molecule has 0 aromatic carbocycles. The average Bonchev–Trinajstić information content (AvgIpc) is 2.86. The first-order chi connectivity index (χ1) is 9.51. The monoisotopic (exact) mass is 284 g/mol. The van der Waals surface area contributed by atoms with Crippen molar-refractivity contribution in [1.82, 2.24) is 10.2 Å². The fraction of sp³-hybridized carbons (Fsp3) is 0.857. The number of likely N-dealkylation sites (tertiary alicyclic amines) is 1. The lowest BCUT2D eigenvalue weighted by molar-refractivity contribution is -0.141. The van der Waals surface area contributed by atoms with Gasteiger partial charge in [0.05, 0.1) is 6.10 Å². The Bertz CT molecular complexity index is 366. The Morgan fingerprint density at radius 3 is 2.45 bits per heavy atom. The molecular formula is C14H24N2O4. The van der Waals surface area contributed by atoms with E-state index in [1.165, 1.54) is 4.90 Å². The fourth-order valence-corrected chi connectivity index (χ4v) is 3.09. The first kappa shape index (κ1) is 15.1. The molecule has 20 heavy (non-hydrogen) atoms. The Morgan fingerprint density at radius 1 is 1.25 bits per heavy atom. The van der Waals surface area contributed by atoms with Gasteiger partial charge in [0.2, 0.25) is 0 Å². The minimum atomic E-state index is -0.961. The van der Waals surface area contributed by atoms with Crippen molar-refractivity contribution in [3.05, 3.63) is 0 Å². The molecule has 1 heterocycles. The van der Waals surface area contributed by atoms with E-state index in [1.807, 2.05) is 0 Å². The van der Waals surface area contributed by atoms with E-state index in [0.29, 0.717) is 13.0 Å². The number of ether oxygens (including phenoxy) is 1. The summed E-state index contributed by atoms with van der Waals surface area (Å²) in [6, 6.07) is -0.867. The molecule has 0 spiro atoms. The van der Waals surface area contributed by atoms with Crippen LogP contribution in [0.3, 0.4) is 0 Å². The highest BCUT2D eigenvalue weighted by Gasteiger charge is 2.40. The zero-order valence-electron chi connectivity index (χ0n) is 12.2. The van der Waals surface area contributed by atoms with Gasteiger partial charge in [-0.3, -0.25) is 0 Å². The standard InChI is InChI=1S/C14H24N2O4/c1-9-3-5-10(6-4-9)15-14(19)16-8-11(20-2)7-12(16)13(17)18/h9-12H,3-8H2,1-2H3,(H,15,19)(H,17,18). The van der Waals surface area contributed by atoms with Crippen LogP contribution in [0.25, 0.3) is 0 Å². The van der Waals surface area contributed by atoms with Gasteiger partial charge in [-0.2, -0.15) is 0 Å². The van der Waals surface area contributed by atoms with Crippen LogP contribution in [0, 0.1) is 5.92 Å². The summed E-state index contributed by atoms with van der Waals surface area (Å²) >= 11 is 0. The second kappa shape index (κ2) is 6.43. The average molecular weight is 284 g/mol. The molecule has 1 aliphatic carbocycles. The number of carboxylic acids is 1. The van der Waals surface area contributed by atoms with Crippen LogP contribution < -0.4 is 5.32 Å². The number of rotatable bonds is 3. The van der Waals surface area contributed by atoms with Gasteiger partial charge in [0.1, 0.15) is 6.04 Å². The van der Waals surface area contributed by atoms with Crippen LogP contribution >= 0.6 is 0 Å². The molecule has 0 bridgehead atoms. The van der Waals surface area contributed by atoms with E-state index in [2.05, 4.69) is 12.2 Å².